The summed E-state index contributed by atoms with van der Waals surface area (Å²) in [6, 6.07) is 2.40. The van der Waals surface area contributed by atoms with E-state index in [9.17, 15) is 14.7 Å². The number of amides is 1. The lowest BCUT2D eigenvalue weighted by Gasteiger charge is -2.32. The van der Waals surface area contributed by atoms with Crippen LogP contribution in [0.4, 0.5) is 0 Å². The van der Waals surface area contributed by atoms with Gasteiger partial charge in [0.15, 0.2) is 5.88 Å². The Balaban J connectivity index is 1.70. The van der Waals surface area contributed by atoms with Crippen molar-refractivity contribution in [3.05, 3.63) is 40.4 Å². The lowest BCUT2D eigenvalue weighted by molar-refractivity contribution is 0.0524. The molecule has 1 unspecified atom stereocenters. The maximum Gasteiger partial charge on any atom is 0.254 e. The van der Waals surface area contributed by atoms with Crippen molar-refractivity contribution < 1.29 is 19.4 Å². The summed E-state index contributed by atoms with van der Waals surface area (Å²) in [7, 11) is 1.49. The third kappa shape index (κ3) is 4.06. The number of aromatic nitrogens is 3. The zero-order valence-corrected chi connectivity index (χ0v) is 13.6. The largest absolute Gasteiger partial charge is 0.494 e. The molecule has 2 N–H and O–H groups in total. The molecule has 0 aromatic carbocycles. The van der Waals surface area contributed by atoms with Crippen LogP contribution in [0.5, 0.6) is 17.6 Å². The molecular formula is C16H18N4O5. The topological polar surface area (TPSA) is 118 Å². The summed E-state index contributed by atoms with van der Waals surface area (Å²) in [5.41, 5.74) is -0.386. The number of aromatic amines is 1. The van der Waals surface area contributed by atoms with E-state index in [2.05, 4.69) is 15.0 Å². The normalized spacial score (nSPS) is 17.2. The Labute approximate surface area is 143 Å². The van der Waals surface area contributed by atoms with Gasteiger partial charge in [0.1, 0.15) is 6.10 Å². The van der Waals surface area contributed by atoms with Crippen LogP contribution in [0.1, 0.15) is 23.2 Å². The van der Waals surface area contributed by atoms with Gasteiger partial charge < -0.3 is 19.5 Å². The van der Waals surface area contributed by atoms with Crippen LogP contribution in [-0.2, 0) is 0 Å². The van der Waals surface area contributed by atoms with E-state index in [0.717, 1.165) is 12.8 Å². The molecule has 0 aliphatic carbocycles. The number of aromatic hydroxyl groups is 1. The van der Waals surface area contributed by atoms with Crippen LogP contribution in [0.2, 0.25) is 0 Å². The first kappa shape index (κ1) is 16.7. The van der Waals surface area contributed by atoms with Crippen molar-refractivity contribution in [1.82, 2.24) is 19.9 Å². The number of hydrogen-bond donors (Lipinski definition) is 2. The van der Waals surface area contributed by atoms with E-state index in [1.165, 1.54) is 31.6 Å². The molecule has 1 fully saturated rings. The highest BCUT2D eigenvalue weighted by Gasteiger charge is 2.26. The molecule has 1 aliphatic rings. The van der Waals surface area contributed by atoms with Gasteiger partial charge in [-0.3, -0.25) is 19.6 Å². The summed E-state index contributed by atoms with van der Waals surface area (Å²) in [6.07, 6.45) is 4.24. The SMILES string of the molecule is COc1cncc(OC2CCCN(C(=O)c3cc(O)[nH]c(=O)c3)C2)n1. The van der Waals surface area contributed by atoms with Crippen LogP contribution in [0.3, 0.4) is 0 Å². The van der Waals surface area contributed by atoms with Crippen LogP contribution in [-0.4, -0.2) is 57.2 Å². The highest BCUT2D eigenvalue weighted by molar-refractivity contribution is 5.94. The minimum absolute atomic E-state index is 0.142. The molecule has 9 heteroatoms. The summed E-state index contributed by atoms with van der Waals surface area (Å²) in [6.45, 7) is 0.904. The second-order valence-electron chi connectivity index (χ2n) is 5.65. The zero-order valence-electron chi connectivity index (χ0n) is 13.6. The summed E-state index contributed by atoms with van der Waals surface area (Å²) in [5.74, 6) is 0.00594. The van der Waals surface area contributed by atoms with Crippen molar-refractivity contribution in [2.24, 2.45) is 0 Å². The van der Waals surface area contributed by atoms with Gasteiger partial charge in [-0.2, -0.15) is 4.98 Å². The standard InChI is InChI=1S/C16H18N4O5/c1-24-14-7-17-8-15(19-14)25-11-3-2-4-20(9-11)16(23)10-5-12(21)18-13(22)6-10/h5-8,11H,2-4,9H2,1H3,(H2,18,21,22). The van der Waals surface area contributed by atoms with Crippen LogP contribution >= 0.6 is 0 Å². The number of hydrogen-bond acceptors (Lipinski definition) is 7. The number of carbonyl (C=O) groups excluding carboxylic acids is 1. The van der Waals surface area contributed by atoms with Crippen molar-refractivity contribution in [3.8, 4) is 17.6 Å². The van der Waals surface area contributed by atoms with E-state index in [1.54, 1.807) is 4.90 Å². The van der Waals surface area contributed by atoms with Gasteiger partial charge >= 0.3 is 0 Å². The smallest absolute Gasteiger partial charge is 0.254 e. The summed E-state index contributed by atoms with van der Waals surface area (Å²) < 4.78 is 10.8. The van der Waals surface area contributed by atoms with Gasteiger partial charge in [-0.15, -0.1) is 0 Å². The number of ether oxygens (including phenoxy) is 2. The number of piperidine rings is 1. The molecule has 2 aromatic rings. The molecular weight excluding hydrogens is 328 g/mol. The lowest BCUT2D eigenvalue weighted by Crippen LogP contribution is -2.44. The van der Waals surface area contributed by atoms with Crippen molar-refractivity contribution in [1.29, 1.82) is 0 Å². The predicted molar refractivity (Wildman–Crippen MR) is 86.9 cm³/mol. The van der Waals surface area contributed by atoms with E-state index < -0.39 is 5.56 Å². The minimum Gasteiger partial charge on any atom is -0.494 e. The molecule has 3 heterocycles. The number of carbonyl (C=O) groups is 1. The third-order valence-corrected chi connectivity index (χ3v) is 3.83. The molecule has 0 bridgehead atoms. The van der Waals surface area contributed by atoms with Gasteiger partial charge in [0.25, 0.3) is 11.5 Å². The maximum absolute atomic E-state index is 12.6. The summed E-state index contributed by atoms with van der Waals surface area (Å²) in [4.78, 5) is 35.9. The van der Waals surface area contributed by atoms with Crippen molar-refractivity contribution in [3.63, 3.8) is 0 Å². The molecule has 3 rings (SSSR count). The molecule has 1 saturated heterocycles. The molecule has 2 aromatic heterocycles. The summed E-state index contributed by atoms with van der Waals surface area (Å²) in [5, 5.41) is 9.46. The van der Waals surface area contributed by atoms with Gasteiger partial charge in [0.05, 0.1) is 31.6 Å². The van der Waals surface area contributed by atoms with E-state index in [1.807, 2.05) is 0 Å². The van der Waals surface area contributed by atoms with Crippen LogP contribution in [0.25, 0.3) is 0 Å². The molecule has 132 valence electrons. The Bertz CT molecular complexity index is 822. The molecule has 0 radical (unpaired) electrons. The van der Waals surface area contributed by atoms with Crippen LogP contribution in [0, 0.1) is 0 Å². The molecule has 9 nitrogen and oxygen atoms in total. The number of nitrogens with one attached hydrogen (secondary N) is 1. The maximum atomic E-state index is 12.6. The molecule has 1 amide bonds. The fourth-order valence-electron chi connectivity index (χ4n) is 2.71. The highest BCUT2D eigenvalue weighted by Crippen LogP contribution is 2.19. The second kappa shape index (κ2) is 7.20. The zero-order chi connectivity index (χ0) is 17.8. The molecule has 1 atom stereocenters. The van der Waals surface area contributed by atoms with Crippen molar-refractivity contribution in [2.45, 2.75) is 18.9 Å². The first-order valence-electron chi connectivity index (χ1n) is 7.80. The first-order valence-corrected chi connectivity index (χ1v) is 7.80. The van der Waals surface area contributed by atoms with Gasteiger partial charge in [-0.25, -0.2) is 0 Å². The Morgan fingerprint density at radius 2 is 2.16 bits per heavy atom. The van der Waals surface area contributed by atoms with Gasteiger partial charge in [-0.05, 0) is 12.8 Å². The molecule has 25 heavy (non-hydrogen) atoms. The Hall–Kier alpha value is -3.10. The fourth-order valence-corrected chi connectivity index (χ4v) is 2.71. The van der Waals surface area contributed by atoms with Crippen molar-refractivity contribution >= 4 is 5.91 Å². The Kier molecular flexibility index (Phi) is 4.82. The quantitative estimate of drug-likeness (QED) is 0.830. The van der Waals surface area contributed by atoms with Gasteiger partial charge in [0.2, 0.25) is 11.8 Å². The Morgan fingerprint density at radius 3 is 2.92 bits per heavy atom. The van der Waals surface area contributed by atoms with E-state index in [-0.39, 0.29) is 23.5 Å². The second-order valence-corrected chi connectivity index (χ2v) is 5.65. The third-order valence-electron chi connectivity index (χ3n) is 3.83. The van der Waals surface area contributed by atoms with Gasteiger partial charge in [-0.1, -0.05) is 0 Å². The number of nitrogens with zero attached hydrogens (tertiary/aromatic N) is 3. The predicted octanol–water partition coefficient (Wildman–Crippen LogP) is 0.563. The summed E-state index contributed by atoms with van der Waals surface area (Å²) >= 11 is 0. The van der Waals surface area contributed by atoms with Gasteiger partial charge in [0, 0.05) is 18.7 Å². The first-order chi connectivity index (χ1) is 12.0. The van der Waals surface area contributed by atoms with E-state index in [4.69, 9.17) is 9.47 Å². The number of H-pyrrole nitrogens is 1. The van der Waals surface area contributed by atoms with Crippen LogP contribution in [0.15, 0.2) is 29.3 Å². The average Bonchev–Trinajstić information content (AvgIpc) is 2.60. The number of likely N-dealkylation sites (tertiary alicyclic amines) is 1. The Morgan fingerprint density at radius 1 is 1.36 bits per heavy atom. The monoisotopic (exact) mass is 346 g/mol. The number of methoxy groups -OCH3 is 1. The van der Waals surface area contributed by atoms with Crippen LogP contribution < -0.4 is 15.0 Å². The highest BCUT2D eigenvalue weighted by atomic mass is 16.5. The number of pyridine rings is 1. The molecule has 1 aliphatic heterocycles. The average molecular weight is 346 g/mol. The van der Waals surface area contributed by atoms with Crippen molar-refractivity contribution in [2.75, 3.05) is 20.2 Å². The fraction of sp³-hybridized carbons (Fsp3) is 0.375. The van der Waals surface area contributed by atoms with E-state index >= 15 is 0 Å². The van der Waals surface area contributed by atoms with E-state index in [0.29, 0.717) is 24.8 Å². The number of rotatable bonds is 4. The lowest BCUT2D eigenvalue weighted by atomic mass is 10.1. The molecule has 0 saturated carbocycles. The molecule has 0 spiro atoms. The minimum atomic E-state index is -0.528.